The number of nitrogens with one attached hydrogen (secondary N) is 1. The molecule has 3 aromatic carbocycles. The summed E-state index contributed by atoms with van der Waals surface area (Å²) in [5.41, 5.74) is 4.48. The van der Waals surface area contributed by atoms with Gasteiger partial charge in [0, 0.05) is 24.5 Å². The Morgan fingerprint density at radius 3 is 2.32 bits per heavy atom. The number of benzene rings is 3. The van der Waals surface area contributed by atoms with Gasteiger partial charge in [-0.05, 0) is 64.6 Å². The molecule has 1 aromatic heterocycles. The van der Waals surface area contributed by atoms with Crippen molar-refractivity contribution in [2.45, 2.75) is 19.3 Å². The van der Waals surface area contributed by atoms with E-state index < -0.39 is 0 Å². The van der Waals surface area contributed by atoms with Crippen LogP contribution in [0, 0.1) is 0 Å². The van der Waals surface area contributed by atoms with Crippen LogP contribution in [0.3, 0.4) is 0 Å². The van der Waals surface area contributed by atoms with Gasteiger partial charge in [0.05, 0.1) is 0 Å². The van der Waals surface area contributed by atoms with Gasteiger partial charge in [-0.3, -0.25) is 9.78 Å². The lowest BCUT2D eigenvalue weighted by molar-refractivity contribution is -0.116. The van der Waals surface area contributed by atoms with E-state index in [0.717, 1.165) is 18.5 Å². The first-order valence-electron chi connectivity index (χ1n) is 9.52. The number of nitrogens with zero attached hydrogens (tertiary/aromatic N) is 1. The molecule has 0 aliphatic carbocycles. The van der Waals surface area contributed by atoms with Crippen molar-refractivity contribution in [3.05, 3.63) is 108 Å². The van der Waals surface area contributed by atoms with E-state index in [-0.39, 0.29) is 5.91 Å². The Kier molecular flexibility index (Phi) is 5.43. The molecule has 3 nitrogen and oxygen atoms in total. The van der Waals surface area contributed by atoms with E-state index in [2.05, 4.69) is 52.8 Å². The van der Waals surface area contributed by atoms with Gasteiger partial charge in [-0.1, -0.05) is 54.6 Å². The van der Waals surface area contributed by atoms with Crippen LogP contribution in [0.15, 0.2) is 91.3 Å². The SMILES string of the molecule is O=C(CCc1cccc2ccccc12)Nc1ccc(Cc2ccncc2)cc1. The average molecular weight is 366 g/mol. The smallest absolute Gasteiger partial charge is 0.224 e. The summed E-state index contributed by atoms with van der Waals surface area (Å²) in [4.78, 5) is 16.4. The van der Waals surface area contributed by atoms with Gasteiger partial charge in [0.1, 0.15) is 0 Å². The average Bonchev–Trinajstić information content (AvgIpc) is 2.74. The lowest BCUT2D eigenvalue weighted by atomic mass is 10.0. The van der Waals surface area contributed by atoms with Crippen molar-refractivity contribution < 1.29 is 4.79 Å². The van der Waals surface area contributed by atoms with Crippen molar-refractivity contribution in [3.63, 3.8) is 0 Å². The summed E-state index contributed by atoms with van der Waals surface area (Å²) in [7, 11) is 0. The molecule has 3 heteroatoms. The fourth-order valence-electron chi connectivity index (χ4n) is 3.42. The minimum absolute atomic E-state index is 0.0369. The Morgan fingerprint density at radius 1 is 0.786 bits per heavy atom. The number of carbonyl (C=O) groups excluding carboxylic acids is 1. The topological polar surface area (TPSA) is 42.0 Å². The second kappa shape index (κ2) is 8.49. The van der Waals surface area contributed by atoms with Crippen LogP contribution in [0.2, 0.25) is 0 Å². The molecular weight excluding hydrogens is 344 g/mol. The monoisotopic (exact) mass is 366 g/mol. The summed E-state index contributed by atoms with van der Waals surface area (Å²) in [6.07, 6.45) is 5.66. The summed E-state index contributed by atoms with van der Waals surface area (Å²) in [6.45, 7) is 0. The zero-order chi connectivity index (χ0) is 19.2. The van der Waals surface area contributed by atoms with E-state index in [0.29, 0.717) is 6.42 Å². The van der Waals surface area contributed by atoms with Gasteiger partial charge in [0.25, 0.3) is 0 Å². The van der Waals surface area contributed by atoms with Crippen LogP contribution in [0.25, 0.3) is 10.8 Å². The maximum atomic E-state index is 12.4. The Balaban J connectivity index is 1.34. The normalized spacial score (nSPS) is 10.7. The standard InChI is InChI=1S/C25H22N2O/c28-25(13-10-22-6-3-5-21-4-1-2-7-24(21)22)27-23-11-8-19(9-12-23)18-20-14-16-26-17-15-20/h1-9,11-12,14-17H,10,13,18H2,(H,27,28). The molecule has 0 spiro atoms. The number of anilines is 1. The van der Waals surface area contributed by atoms with E-state index >= 15 is 0 Å². The van der Waals surface area contributed by atoms with Crippen molar-refractivity contribution in [1.29, 1.82) is 0 Å². The third-order valence-corrected chi connectivity index (χ3v) is 4.90. The molecule has 0 unspecified atom stereocenters. The predicted octanol–water partition coefficient (Wildman–Crippen LogP) is 5.40. The Bertz CT molecular complexity index is 1070. The molecule has 28 heavy (non-hydrogen) atoms. The number of hydrogen-bond donors (Lipinski definition) is 1. The Labute approximate surface area is 165 Å². The van der Waals surface area contributed by atoms with Crippen molar-refractivity contribution >= 4 is 22.4 Å². The number of rotatable bonds is 6. The van der Waals surface area contributed by atoms with E-state index in [1.165, 1.54) is 27.5 Å². The third-order valence-electron chi connectivity index (χ3n) is 4.90. The fourth-order valence-corrected chi connectivity index (χ4v) is 3.42. The molecular formula is C25H22N2O. The number of fused-ring (bicyclic) bond motifs is 1. The zero-order valence-electron chi connectivity index (χ0n) is 15.6. The summed E-state index contributed by atoms with van der Waals surface area (Å²) in [6, 6.07) is 26.6. The lowest BCUT2D eigenvalue weighted by Crippen LogP contribution is -2.12. The van der Waals surface area contributed by atoms with Gasteiger partial charge < -0.3 is 5.32 Å². The molecule has 0 atom stereocenters. The van der Waals surface area contributed by atoms with E-state index in [9.17, 15) is 4.79 Å². The fraction of sp³-hybridized carbons (Fsp3) is 0.120. The predicted molar refractivity (Wildman–Crippen MR) is 114 cm³/mol. The summed E-state index contributed by atoms with van der Waals surface area (Å²) >= 11 is 0. The van der Waals surface area contributed by atoms with Crippen LogP contribution in [-0.2, 0) is 17.6 Å². The maximum Gasteiger partial charge on any atom is 0.224 e. The molecule has 0 aliphatic rings. The van der Waals surface area contributed by atoms with E-state index in [1.54, 1.807) is 12.4 Å². The van der Waals surface area contributed by atoms with Crippen LogP contribution in [0.1, 0.15) is 23.1 Å². The van der Waals surface area contributed by atoms with Crippen LogP contribution in [0.5, 0.6) is 0 Å². The van der Waals surface area contributed by atoms with Crippen LogP contribution >= 0.6 is 0 Å². The molecule has 0 aliphatic heterocycles. The molecule has 1 heterocycles. The molecule has 0 fully saturated rings. The number of hydrogen-bond acceptors (Lipinski definition) is 2. The number of carbonyl (C=O) groups is 1. The highest BCUT2D eigenvalue weighted by Crippen LogP contribution is 2.20. The van der Waals surface area contributed by atoms with E-state index in [4.69, 9.17) is 0 Å². The number of pyridine rings is 1. The van der Waals surface area contributed by atoms with Gasteiger partial charge >= 0.3 is 0 Å². The van der Waals surface area contributed by atoms with Crippen molar-refractivity contribution in [3.8, 4) is 0 Å². The highest BCUT2D eigenvalue weighted by molar-refractivity contribution is 5.91. The van der Waals surface area contributed by atoms with Gasteiger partial charge in [-0.2, -0.15) is 0 Å². The second-order valence-corrected chi connectivity index (χ2v) is 6.92. The quantitative estimate of drug-likeness (QED) is 0.497. The number of aryl methyl sites for hydroxylation is 1. The summed E-state index contributed by atoms with van der Waals surface area (Å²) in [5.74, 6) is 0.0369. The molecule has 138 valence electrons. The van der Waals surface area contributed by atoms with Crippen LogP contribution in [0.4, 0.5) is 5.69 Å². The van der Waals surface area contributed by atoms with Crippen molar-refractivity contribution in [2.75, 3.05) is 5.32 Å². The van der Waals surface area contributed by atoms with Gasteiger partial charge in [-0.25, -0.2) is 0 Å². The van der Waals surface area contributed by atoms with Gasteiger partial charge in [0.2, 0.25) is 5.91 Å². The zero-order valence-corrected chi connectivity index (χ0v) is 15.6. The number of aromatic nitrogens is 1. The Hall–Kier alpha value is -3.46. The van der Waals surface area contributed by atoms with Crippen molar-refractivity contribution in [1.82, 2.24) is 4.98 Å². The molecule has 0 bridgehead atoms. The second-order valence-electron chi connectivity index (χ2n) is 6.92. The molecule has 1 N–H and O–H groups in total. The first-order chi connectivity index (χ1) is 13.8. The lowest BCUT2D eigenvalue weighted by Gasteiger charge is -2.09. The summed E-state index contributed by atoms with van der Waals surface area (Å²) < 4.78 is 0. The molecule has 4 aromatic rings. The molecule has 0 radical (unpaired) electrons. The first-order valence-corrected chi connectivity index (χ1v) is 9.52. The van der Waals surface area contributed by atoms with Crippen LogP contribution < -0.4 is 5.32 Å². The highest BCUT2D eigenvalue weighted by Gasteiger charge is 2.06. The summed E-state index contributed by atoms with van der Waals surface area (Å²) in [5, 5.41) is 5.44. The maximum absolute atomic E-state index is 12.4. The minimum Gasteiger partial charge on any atom is -0.326 e. The largest absolute Gasteiger partial charge is 0.326 e. The van der Waals surface area contributed by atoms with E-state index in [1.807, 2.05) is 36.4 Å². The van der Waals surface area contributed by atoms with Crippen LogP contribution in [-0.4, -0.2) is 10.9 Å². The molecule has 1 amide bonds. The third kappa shape index (κ3) is 4.44. The van der Waals surface area contributed by atoms with Gasteiger partial charge in [-0.15, -0.1) is 0 Å². The van der Waals surface area contributed by atoms with Crippen molar-refractivity contribution in [2.24, 2.45) is 0 Å². The van der Waals surface area contributed by atoms with Gasteiger partial charge in [0.15, 0.2) is 0 Å². The molecule has 0 saturated heterocycles. The molecule has 0 saturated carbocycles. The number of amides is 1. The first kappa shape index (κ1) is 17.9. The Morgan fingerprint density at radius 2 is 1.50 bits per heavy atom. The molecule has 4 rings (SSSR count). The highest BCUT2D eigenvalue weighted by atomic mass is 16.1. The minimum atomic E-state index is 0.0369.